The van der Waals surface area contributed by atoms with Crippen LogP contribution < -0.4 is 10.1 Å². The lowest BCUT2D eigenvalue weighted by molar-refractivity contribution is 0.229. The zero-order valence-corrected chi connectivity index (χ0v) is 12.4. The fourth-order valence-electron chi connectivity index (χ4n) is 2.77. The molecule has 1 N–H and O–H groups in total. The maximum absolute atomic E-state index is 5.52. The predicted octanol–water partition coefficient (Wildman–Crippen LogP) is 2.27. The van der Waals surface area contributed by atoms with E-state index in [1.807, 2.05) is 0 Å². The number of ether oxygens (including phenoxy) is 1. The number of hydrogen-bond donors (Lipinski definition) is 1. The van der Waals surface area contributed by atoms with E-state index in [1.165, 1.54) is 11.1 Å². The molecule has 2 rings (SSSR count). The fourth-order valence-corrected chi connectivity index (χ4v) is 2.77. The Kier molecular flexibility index (Phi) is 5.23. The molecule has 0 bridgehead atoms. The third-order valence-electron chi connectivity index (χ3n) is 3.97. The van der Waals surface area contributed by atoms with Crippen molar-refractivity contribution in [3.05, 3.63) is 29.3 Å². The molecule has 1 aromatic carbocycles. The van der Waals surface area contributed by atoms with Gasteiger partial charge in [0.05, 0.1) is 7.11 Å². The van der Waals surface area contributed by atoms with Crippen LogP contribution in [0.4, 0.5) is 0 Å². The van der Waals surface area contributed by atoms with Crippen LogP contribution >= 0.6 is 0 Å². The van der Waals surface area contributed by atoms with Crippen molar-refractivity contribution >= 4 is 0 Å². The van der Waals surface area contributed by atoms with E-state index in [0.717, 1.165) is 44.9 Å². The highest BCUT2D eigenvalue weighted by Crippen LogP contribution is 2.28. The number of rotatable bonds is 5. The Balaban J connectivity index is 2.09. The molecule has 0 radical (unpaired) electrons. The van der Waals surface area contributed by atoms with Crippen molar-refractivity contribution < 1.29 is 4.74 Å². The highest BCUT2D eigenvalue weighted by Gasteiger charge is 2.17. The Morgan fingerprint density at radius 1 is 1.32 bits per heavy atom. The lowest BCUT2D eigenvalue weighted by atomic mass is 9.96. The van der Waals surface area contributed by atoms with Gasteiger partial charge in [-0.25, -0.2) is 0 Å². The summed E-state index contributed by atoms with van der Waals surface area (Å²) in [6.45, 7) is 10.1. The van der Waals surface area contributed by atoms with Gasteiger partial charge in [-0.1, -0.05) is 26.0 Å². The van der Waals surface area contributed by atoms with Crippen LogP contribution in [0.15, 0.2) is 18.2 Å². The molecule has 19 heavy (non-hydrogen) atoms. The first-order valence-corrected chi connectivity index (χ1v) is 7.34. The summed E-state index contributed by atoms with van der Waals surface area (Å²) in [6, 6.07) is 6.59. The summed E-state index contributed by atoms with van der Waals surface area (Å²) in [5, 5.41) is 3.40. The van der Waals surface area contributed by atoms with Crippen molar-refractivity contribution in [2.75, 3.05) is 39.8 Å². The largest absolute Gasteiger partial charge is 0.496 e. The third kappa shape index (κ3) is 3.71. The zero-order valence-electron chi connectivity index (χ0n) is 12.4. The second-order valence-electron chi connectivity index (χ2n) is 5.38. The van der Waals surface area contributed by atoms with E-state index in [4.69, 9.17) is 4.74 Å². The Morgan fingerprint density at radius 3 is 2.68 bits per heavy atom. The maximum atomic E-state index is 5.52. The lowest BCUT2D eigenvalue weighted by Crippen LogP contribution is -2.44. The average Bonchev–Trinajstić information content (AvgIpc) is 2.47. The van der Waals surface area contributed by atoms with Gasteiger partial charge in [-0.05, 0) is 29.5 Å². The first-order valence-electron chi connectivity index (χ1n) is 7.34. The monoisotopic (exact) mass is 262 g/mol. The molecule has 1 fully saturated rings. The molecule has 1 aliphatic heterocycles. The molecule has 0 aromatic heterocycles. The first kappa shape index (κ1) is 14.4. The minimum absolute atomic E-state index is 0.513. The predicted molar refractivity (Wildman–Crippen MR) is 80.1 cm³/mol. The van der Waals surface area contributed by atoms with Crippen molar-refractivity contribution in [2.24, 2.45) is 0 Å². The van der Waals surface area contributed by atoms with Crippen LogP contribution in [0.3, 0.4) is 0 Å². The summed E-state index contributed by atoms with van der Waals surface area (Å²) >= 11 is 0. The molecule has 1 aliphatic rings. The van der Waals surface area contributed by atoms with Crippen LogP contribution in [-0.2, 0) is 6.42 Å². The molecule has 0 spiro atoms. The van der Waals surface area contributed by atoms with Gasteiger partial charge < -0.3 is 15.0 Å². The summed E-state index contributed by atoms with van der Waals surface area (Å²) in [7, 11) is 1.77. The van der Waals surface area contributed by atoms with Gasteiger partial charge in [0.1, 0.15) is 5.75 Å². The summed E-state index contributed by atoms with van der Waals surface area (Å²) in [6.07, 6.45) is 1.08. The van der Waals surface area contributed by atoms with Crippen LogP contribution in [0.1, 0.15) is 30.9 Å². The van der Waals surface area contributed by atoms with Crippen LogP contribution in [0.5, 0.6) is 5.75 Å². The zero-order chi connectivity index (χ0) is 13.7. The molecule has 0 amide bonds. The Morgan fingerprint density at radius 2 is 2.05 bits per heavy atom. The molecule has 1 heterocycles. The van der Waals surface area contributed by atoms with Gasteiger partial charge in [0.25, 0.3) is 0 Å². The number of nitrogens with zero attached hydrogens (tertiary/aromatic N) is 1. The number of nitrogens with one attached hydrogen (secondary N) is 1. The minimum Gasteiger partial charge on any atom is -0.496 e. The second-order valence-corrected chi connectivity index (χ2v) is 5.38. The lowest BCUT2D eigenvalue weighted by Gasteiger charge is -2.30. The molecular weight excluding hydrogens is 236 g/mol. The van der Waals surface area contributed by atoms with Crippen molar-refractivity contribution in [2.45, 2.75) is 26.2 Å². The molecule has 3 heteroatoms. The van der Waals surface area contributed by atoms with E-state index in [9.17, 15) is 0 Å². The number of piperazine rings is 1. The topological polar surface area (TPSA) is 24.5 Å². The maximum Gasteiger partial charge on any atom is 0.122 e. The second kappa shape index (κ2) is 6.92. The summed E-state index contributed by atoms with van der Waals surface area (Å²) < 4.78 is 5.52. The van der Waals surface area contributed by atoms with E-state index in [0.29, 0.717) is 5.92 Å². The normalized spacial score (nSPS) is 18.3. The van der Waals surface area contributed by atoms with Gasteiger partial charge in [-0.15, -0.1) is 0 Å². The molecule has 0 aliphatic carbocycles. The van der Waals surface area contributed by atoms with Gasteiger partial charge >= 0.3 is 0 Å². The Hall–Kier alpha value is -1.06. The van der Waals surface area contributed by atoms with Crippen molar-refractivity contribution in [1.29, 1.82) is 0 Å². The highest BCUT2D eigenvalue weighted by atomic mass is 16.5. The molecule has 0 saturated carbocycles. The molecule has 106 valence electrons. The van der Waals surface area contributed by atoms with Gasteiger partial charge in [0.15, 0.2) is 0 Å². The number of methoxy groups -OCH3 is 1. The van der Waals surface area contributed by atoms with Gasteiger partial charge in [-0.3, -0.25) is 0 Å². The van der Waals surface area contributed by atoms with Gasteiger partial charge in [0, 0.05) is 32.7 Å². The van der Waals surface area contributed by atoms with E-state index < -0.39 is 0 Å². The molecular formula is C16H26N2O. The van der Waals surface area contributed by atoms with Crippen molar-refractivity contribution in [1.82, 2.24) is 10.2 Å². The Bertz CT molecular complexity index is 400. The standard InChI is InChI=1S/C16H26N2O/c1-4-14-5-6-16(19-3)15(11-14)13(2)12-18-9-7-17-8-10-18/h5-6,11,13,17H,4,7-10,12H2,1-3H3. The summed E-state index contributed by atoms with van der Waals surface area (Å²) in [5.74, 6) is 1.54. The van der Waals surface area contributed by atoms with Crippen LogP contribution in [0.25, 0.3) is 0 Å². The van der Waals surface area contributed by atoms with Crippen LogP contribution in [0, 0.1) is 0 Å². The van der Waals surface area contributed by atoms with Gasteiger partial charge in [0.2, 0.25) is 0 Å². The molecule has 1 atom stereocenters. The van der Waals surface area contributed by atoms with Crippen molar-refractivity contribution in [3.63, 3.8) is 0 Å². The molecule has 1 aromatic rings. The van der Waals surface area contributed by atoms with E-state index in [2.05, 4.69) is 42.3 Å². The smallest absolute Gasteiger partial charge is 0.122 e. The number of benzene rings is 1. The first-order chi connectivity index (χ1) is 9.24. The minimum atomic E-state index is 0.513. The average molecular weight is 262 g/mol. The third-order valence-corrected chi connectivity index (χ3v) is 3.97. The summed E-state index contributed by atoms with van der Waals surface area (Å²) in [5.41, 5.74) is 2.74. The highest BCUT2D eigenvalue weighted by molar-refractivity contribution is 5.39. The molecule has 1 unspecified atom stereocenters. The molecule has 3 nitrogen and oxygen atoms in total. The van der Waals surface area contributed by atoms with E-state index in [1.54, 1.807) is 7.11 Å². The van der Waals surface area contributed by atoms with Crippen LogP contribution in [0.2, 0.25) is 0 Å². The van der Waals surface area contributed by atoms with Crippen molar-refractivity contribution in [3.8, 4) is 5.75 Å². The Labute approximate surface area is 116 Å². The SMILES string of the molecule is CCc1ccc(OC)c(C(C)CN2CCNCC2)c1. The number of hydrogen-bond acceptors (Lipinski definition) is 3. The van der Waals surface area contributed by atoms with Gasteiger partial charge in [-0.2, -0.15) is 0 Å². The van der Waals surface area contributed by atoms with E-state index in [-0.39, 0.29) is 0 Å². The quantitative estimate of drug-likeness (QED) is 0.881. The number of aryl methyl sites for hydroxylation is 1. The van der Waals surface area contributed by atoms with E-state index >= 15 is 0 Å². The summed E-state index contributed by atoms with van der Waals surface area (Å²) in [4.78, 5) is 2.54. The molecule has 1 saturated heterocycles. The van der Waals surface area contributed by atoms with Crippen LogP contribution in [-0.4, -0.2) is 44.7 Å². The fraction of sp³-hybridized carbons (Fsp3) is 0.625.